The van der Waals surface area contributed by atoms with E-state index >= 15 is 0 Å². The standard InChI is InChI=1S/C14H15BrN2O/c1-2-10(9-15)17-14(18)12-5-3-7-13-11(12)6-4-8-16-13/h3-8,10H,2,9H2,1H3,(H,17,18). The van der Waals surface area contributed by atoms with Crippen LogP contribution in [-0.4, -0.2) is 22.3 Å². The van der Waals surface area contributed by atoms with Crippen LogP contribution >= 0.6 is 15.9 Å². The van der Waals surface area contributed by atoms with E-state index in [2.05, 4.69) is 33.2 Å². The number of benzene rings is 1. The maximum Gasteiger partial charge on any atom is 0.252 e. The number of pyridine rings is 1. The van der Waals surface area contributed by atoms with Crippen LogP contribution in [0.4, 0.5) is 0 Å². The zero-order chi connectivity index (χ0) is 13.0. The van der Waals surface area contributed by atoms with Crippen molar-refractivity contribution < 1.29 is 4.79 Å². The Bertz CT molecular complexity index is 547. The van der Waals surface area contributed by atoms with E-state index < -0.39 is 0 Å². The summed E-state index contributed by atoms with van der Waals surface area (Å²) in [7, 11) is 0. The van der Waals surface area contributed by atoms with Crippen LogP contribution in [0.25, 0.3) is 10.9 Å². The number of alkyl halides is 1. The number of halogens is 1. The van der Waals surface area contributed by atoms with E-state index in [4.69, 9.17) is 0 Å². The topological polar surface area (TPSA) is 42.0 Å². The van der Waals surface area contributed by atoms with Crippen LogP contribution in [0.3, 0.4) is 0 Å². The lowest BCUT2D eigenvalue weighted by molar-refractivity contribution is 0.0942. The van der Waals surface area contributed by atoms with Crippen LogP contribution in [0.2, 0.25) is 0 Å². The molecule has 1 amide bonds. The van der Waals surface area contributed by atoms with Gasteiger partial charge in [-0.2, -0.15) is 0 Å². The van der Waals surface area contributed by atoms with Gasteiger partial charge in [0.1, 0.15) is 0 Å². The number of hydrogen-bond donors (Lipinski definition) is 1. The van der Waals surface area contributed by atoms with Crippen molar-refractivity contribution in [2.75, 3.05) is 5.33 Å². The zero-order valence-corrected chi connectivity index (χ0v) is 11.8. The van der Waals surface area contributed by atoms with Gasteiger partial charge < -0.3 is 5.32 Å². The molecule has 1 N–H and O–H groups in total. The van der Waals surface area contributed by atoms with Crippen molar-refractivity contribution in [1.82, 2.24) is 10.3 Å². The number of nitrogens with one attached hydrogen (secondary N) is 1. The Morgan fingerprint density at radius 1 is 1.39 bits per heavy atom. The van der Waals surface area contributed by atoms with Crippen molar-refractivity contribution in [2.24, 2.45) is 0 Å². The van der Waals surface area contributed by atoms with E-state index in [1.165, 1.54) is 0 Å². The van der Waals surface area contributed by atoms with Gasteiger partial charge in [-0.3, -0.25) is 9.78 Å². The van der Waals surface area contributed by atoms with Crippen molar-refractivity contribution in [1.29, 1.82) is 0 Å². The summed E-state index contributed by atoms with van der Waals surface area (Å²) >= 11 is 3.40. The van der Waals surface area contributed by atoms with E-state index in [0.29, 0.717) is 5.56 Å². The predicted octanol–water partition coefficient (Wildman–Crippen LogP) is 3.14. The number of carbonyl (C=O) groups is 1. The second-order valence-corrected chi connectivity index (χ2v) is 4.76. The second kappa shape index (κ2) is 5.96. The molecule has 1 aromatic heterocycles. The third-order valence-corrected chi connectivity index (χ3v) is 3.69. The summed E-state index contributed by atoms with van der Waals surface area (Å²) in [6.07, 6.45) is 2.64. The molecule has 0 saturated heterocycles. The van der Waals surface area contributed by atoms with Gasteiger partial charge in [-0.1, -0.05) is 35.0 Å². The van der Waals surface area contributed by atoms with Gasteiger partial charge in [0.2, 0.25) is 0 Å². The van der Waals surface area contributed by atoms with Gasteiger partial charge in [0.05, 0.1) is 5.52 Å². The molecule has 0 saturated carbocycles. The molecule has 0 bridgehead atoms. The van der Waals surface area contributed by atoms with Crippen molar-refractivity contribution in [2.45, 2.75) is 19.4 Å². The van der Waals surface area contributed by atoms with Gasteiger partial charge in [0, 0.05) is 28.5 Å². The summed E-state index contributed by atoms with van der Waals surface area (Å²) < 4.78 is 0. The van der Waals surface area contributed by atoms with Crippen LogP contribution in [0, 0.1) is 0 Å². The molecule has 0 aliphatic rings. The number of aromatic nitrogens is 1. The molecule has 2 rings (SSSR count). The fourth-order valence-electron chi connectivity index (χ4n) is 1.81. The molecule has 4 heteroatoms. The van der Waals surface area contributed by atoms with E-state index in [-0.39, 0.29) is 11.9 Å². The van der Waals surface area contributed by atoms with Gasteiger partial charge in [-0.25, -0.2) is 0 Å². The molecule has 0 radical (unpaired) electrons. The molecule has 0 spiro atoms. The lowest BCUT2D eigenvalue weighted by Crippen LogP contribution is -2.35. The first-order valence-corrected chi connectivity index (χ1v) is 7.09. The molecule has 3 nitrogen and oxygen atoms in total. The van der Waals surface area contributed by atoms with Crippen LogP contribution in [0.1, 0.15) is 23.7 Å². The lowest BCUT2D eigenvalue weighted by Gasteiger charge is -2.14. The molecule has 1 heterocycles. The Morgan fingerprint density at radius 2 is 2.22 bits per heavy atom. The summed E-state index contributed by atoms with van der Waals surface area (Å²) in [5, 5.41) is 4.66. The number of amides is 1. The summed E-state index contributed by atoms with van der Waals surface area (Å²) in [4.78, 5) is 16.5. The fourth-order valence-corrected chi connectivity index (χ4v) is 2.43. The maximum atomic E-state index is 12.2. The highest BCUT2D eigenvalue weighted by atomic mass is 79.9. The SMILES string of the molecule is CCC(CBr)NC(=O)c1cccc2ncccc12. The third kappa shape index (κ3) is 2.70. The summed E-state index contributed by atoms with van der Waals surface area (Å²) in [5.41, 5.74) is 1.53. The summed E-state index contributed by atoms with van der Waals surface area (Å²) in [5.74, 6) is -0.0418. The molecule has 1 atom stereocenters. The Morgan fingerprint density at radius 3 is 2.94 bits per heavy atom. The largest absolute Gasteiger partial charge is 0.348 e. The van der Waals surface area contributed by atoms with Crippen LogP contribution < -0.4 is 5.32 Å². The molecular weight excluding hydrogens is 292 g/mol. The zero-order valence-electron chi connectivity index (χ0n) is 10.2. The van der Waals surface area contributed by atoms with Gasteiger partial charge in [-0.05, 0) is 24.6 Å². The highest BCUT2D eigenvalue weighted by Crippen LogP contribution is 2.16. The van der Waals surface area contributed by atoms with Crippen molar-refractivity contribution in [3.63, 3.8) is 0 Å². The normalized spacial score (nSPS) is 12.3. The molecule has 1 unspecified atom stereocenters. The van der Waals surface area contributed by atoms with Gasteiger partial charge >= 0.3 is 0 Å². The first kappa shape index (κ1) is 13.0. The van der Waals surface area contributed by atoms with E-state index in [1.807, 2.05) is 30.3 Å². The smallest absolute Gasteiger partial charge is 0.252 e. The Kier molecular flexibility index (Phi) is 4.31. The van der Waals surface area contributed by atoms with Gasteiger partial charge in [-0.15, -0.1) is 0 Å². The molecule has 0 aliphatic carbocycles. The van der Waals surface area contributed by atoms with Crippen LogP contribution in [0.15, 0.2) is 36.5 Å². The Labute approximate surface area is 115 Å². The predicted molar refractivity (Wildman–Crippen MR) is 77.1 cm³/mol. The van der Waals surface area contributed by atoms with Gasteiger partial charge in [0.15, 0.2) is 0 Å². The fraction of sp³-hybridized carbons (Fsp3) is 0.286. The minimum absolute atomic E-state index is 0.0418. The monoisotopic (exact) mass is 306 g/mol. The van der Waals surface area contributed by atoms with E-state index in [9.17, 15) is 4.79 Å². The average Bonchev–Trinajstić information content (AvgIpc) is 2.43. The maximum absolute atomic E-state index is 12.2. The van der Waals surface area contributed by atoms with Crippen molar-refractivity contribution in [3.8, 4) is 0 Å². The summed E-state index contributed by atoms with van der Waals surface area (Å²) in [6.45, 7) is 2.05. The Balaban J connectivity index is 2.33. The van der Waals surface area contributed by atoms with E-state index in [1.54, 1.807) is 6.20 Å². The minimum atomic E-state index is -0.0418. The van der Waals surface area contributed by atoms with Crippen LogP contribution in [0.5, 0.6) is 0 Å². The average molecular weight is 307 g/mol. The third-order valence-electron chi connectivity index (χ3n) is 2.90. The number of rotatable bonds is 4. The molecule has 0 aliphatic heterocycles. The van der Waals surface area contributed by atoms with Crippen molar-refractivity contribution >= 4 is 32.7 Å². The summed E-state index contributed by atoms with van der Waals surface area (Å²) in [6, 6.07) is 9.53. The number of hydrogen-bond acceptors (Lipinski definition) is 2. The highest BCUT2D eigenvalue weighted by molar-refractivity contribution is 9.09. The number of fused-ring (bicyclic) bond motifs is 1. The van der Waals surface area contributed by atoms with Crippen molar-refractivity contribution in [3.05, 3.63) is 42.1 Å². The molecule has 18 heavy (non-hydrogen) atoms. The van der Waals surface area contributed by atoms with E-state index in [0.717, 1.165) is 22.7 Å². The molecule has 2 aromatic rings. The first-order chi connectivity index (χ1) is 8.76. The molecule has 0 fully saturated rings. The molecule has 1 aromatic carbocycles. The lowest BCUT2D eigenvalue weighted by atomic mass is 10.1. The second-order valence-electron chi connectivity index (χ2n) is 4.11. The minimum Gasteiger partial charge on any atom is -0.348 e. The van der Waals surface area contributed by atoms with Gasteiger partial charge in [0.25, 0.3) is 5.91 Å². The number of nitrogens with zero attached hydrogens (tertiary/aromatic N) is 1. The Hall–Kier alpha value is -1.42. The molecular formula is C14H15BrN2O. The van der Waals surface area contributed by atoms with Crippen LogP contribution in [-0.2, 0) is 0 Å². The molecule has 94 valence electrons. The highest BCUT2D eigenvalue weighted by Gasteiger charge is 2.13. The quantitative estimate of drug-likeness (QED) is 0.882. The first-order valence-electron chi connectivity index (χ1n) is 5.96. The number of carbonyl (C=O) groups excluding carboxylic acids is 1.